The number of nitrogens with zero attached hydrogens (tertiary/aromatic N) is 1. The van der Waals surface area contributed by atoms with Crippen LogP contribution in [0.4, 0.5) is 5.69 Å². The van der Waals surface area contributed by atoms with Gasteiger partial charge in [0.15, 0.2) is 11.7 Å². The number of hydrogen-bond donors (Lipinski definition) is 3. The fourth-order valence-electron chi connectivity index (χ4n) is 2.65. The third-order valence-corrected chi connectivity index (χ3v) is 4.35. The zero-order chi connectivity index (χ0) is 20.6. The molecule has 160 valence electrons. The monoisotopic (exact) mass is 514 g/mol. The highest BCUT2D eigenvalue weighted by atomic mass is 127. The van der Waals surface area contributed by atoms with Crippen molar-refractivity contribution in [3.8, 4) is 0 Å². The smallest absolute Gasteiger partial charge is 0.291 e. The van der Waals surface area contributed by atoms with Crippen LogP contribution in [0.2, 0.25) is 0 Å². The maximum Gasteiger partial charge on any atom is 0.291 e. The van der Waals surface area contributed by atoms with Gasteiger partial charge in [-0.25, -0.2) is 0 Å². The summed E-state index contributed by atoms with van der Waals surface area (Å²) in [5, 5.41) is 9.37. The van der Waals surface area contributed by atoms with Crippen LogP contribution in [0.3, 0.4) is 0 Å². The van der Waals surface area contributed by atoms with Gasteiger partial charge in [-0.2, -0.15) is 0 Å². The number of benzene rings is 1. The SMILES string of the molecule is CN=C(NCc1ccc(NC(=O)c2ccco2)cc1)NCC(OC)C(C)(C)C.I. The van der Waals surface area contributed by atoms with Gasteiger partial charge in [0.25, 0.3) is 5.91 Å². The molecule has 0 spiro atoms. The van der Waals surface area contributed by atoms with Crippen LogP contribution in [0, 0.1) is 5.41 Å². The van der Waals surface area contributed by atoms with Gasteiger partial charge < -0.3 is 25.1 Å². The Morgan fingerprint density at radius 3 is 2.38 bits per heavy atom. The van der Waals surface area contributed by atoms with E-state index >= 15 is 0 Å². The van der Waals surface area contributed by atoms with Gasteiger partial charge in [-0.05, 0) is 35.2 Å². The minimum atomic E-state index is -0.271. The average Bonchev–Trinajstić information content (AvgIpc) is 3.19. The Labute approximate surface area is 189 Å². The molecule has 0 aliphatic carbocycles. The average molecular weight is 514 g/mol. The Balaban J connectivity index is 0.00000420. The molecule has 0 saturated carbocycles. The van der Waals surface area contributed by atoms with Gasteiger partial charge in [0, 0.05) is 32.9 Å². The lowest BCUT2D eigenvalue weighted by molar-refractivity contribution is 0.0205. The topological polar surface area (TPSA) is 87.9 Å². The number of guanidine groups is 1. The van der Waals surface area contributed by atoms with Gasteiger partial charge in [-0.15, -0.1) is 24.0 Å². The fraction of sp³-hybridized carbons (Fsp3) is 0.429. The van der Waals surface area contributed by atoms with Crippen molar-refractivity contribution in [1.29, 1.82) is 0 Å². The maximum absolute atomic E-state index is 12.0. The van der Waals surface area contributed by atoms with E-state index in [-0.39, 0.29) is 47.2 Å². The number of ether oxygens (including phenoxy) is 1. The summed E-state index contributed by atoms with van der Waals surface area (Å²) in [7, 11) is 3.46. The molecule has 29 heavy (non-hydrogen) atoms. The van der Waals surface area contributed by atoms with Crippen molar-refractivity contribution in [2.45, 2.75) is 33.4 Å². The molecule has 2 aromatic rings. The predicted octanol–water partition coefficient (Wildman–Crippen LogP) is 3.88. The molecule has 1 aromatic carbocycles. The van der Waals surface area contributed by atoms with E-state index in [9.17, 15) is 4.79 Å². The molecule has 8 heteroatoms. The summed E-state index contributed by atoms with van der Waals surface area (Å²) >= 11 is 0. The molecule has 0 bridgehead atoms. The number of amides is 1. The molecule has 1 heterocycles. The van der Waals surface area contributed by atoms with E-state index < -0.39 is 0 Å². The molecule has 1 unspecified atom stereocenters. The Morgan fingerprint density at radius 1 is 1.17 bits per heavy atom. The van der Waals surface area contributed by atoms with Crippen LogP contribution in [0.5, 0.6) is 0 Å². The lowest BCUT2D eigenvalue weighted by atomic mass is 9.89. The standard InChI is InChI=1S/C21H30N4O3.HI/c1-21(2,3)18(27-5)14-24-20(22-4)23-13-15-8-10-16(11-9-15)25-19(26)17-7-6-12-28-17;/h6-12,18H,13-14H2,1-5H3,(H,25,26)(H2,22,23,24);1H. The van der Waals surface area contributed by atoms with Crippen LogP contribution in [-0.4, -0.2) is 38.7 Å². The van der Waals surface area contributed by atoms with Crippen molar-refractivity contribution in [1.82, 2.24) is 10.6 Å². The van der Waals surface area contributed by atoms with Crippen LogP contribution in [0.15, 0.2) is 52.1 Å². The van der Waals surface area contributed by atoms with Crippen molar-refractivity contribution in [3.05, 3.63) is 54.0 Å². The predicted molar refractivity (Wildman–Crippen MR) is 127 cm³/mol. The molecule has 0 saturated heterocycles. The van der Waals surface area contributed by atoms with Crippen LogP contribution >= 0.6 is 24.0 Å². The molecular weight excluding hydrogens is 483 g/mol. The first-order chi connectivity index (χ1) is 13.3. The largest absolute Gasteiger partial charge is 0.459 e. The maximum atomic E-state index is 12.0. The van der Waals surface area contributed by atoms with Gasteiger partial charge in [-0.1, -0.05) is 32.9 Å². The molecule has 7 nitrogen and oxygen atoms in total. The van der Waals surface area contributed by atoms with Crippen LogP contribution in [-0.2, 0) is 11.3 Å². The summed E-state index contributed by atoms with van der Waals surface area (Å²) in [5.74, 6) is 0.721. The van der Waals surface area contributed by atoms with Crippen molar-refractivity contribution in [2.24, 2.45) is 10.4 Å². The number of nitrogens with one attached hydrogen (secondary N) is 3. The highest BCUT2D eigenvalue weighted by molar-refractivity contribution is 14.0. The molecule has 1 atom stereocenters. The number of hydrogen-bond acceptors (Lipinski definition) is 4. The third kappa shape index (κ3) is 8.06. The molecule has 0 radical (unpaired) electrons. The van der Waals surface area contributed by atoms with Gasteiger partial charge >= 0.3 is 0 Å². The Kier molecular flexibility index (Phi) is 10.2. The number of carbonyl (C=O) groups is 1. The van der Waals surface area contributed by atoms with E-state index in [1.165, 1.54) is 6.26 Å². The summed E-state index contributed by atoms with van der Waals surface area (Å²) in [6, 6.07) is 10.9. The molecule has 1 amide bonds. The normalized spacial score (nSPS) is 12.7. The van der Waals surface area contributed by atoms with Gasteiger partial charge in [0.05, 0.1) is 12.4 Å². The van der Waals surface area contributed by atoms with Gasteiger partial charge in [-0.3, -0.25) is 9.79 Å². The number of anilines is 1. The number of furan rings is 1. The Morgan fingerprint density at radius 2 is 1.86 bits per heavy atom. The van der Waals surface area contributed by atoms with Crippen molar-refractivity contribution >= 4 is 41.5 Å². The first-order valence-corrected chi connectivity index (χ1v) is 9.24. The van der Waals surface area contributed by atoms with Crippen LogP contribution in [0.25, 0.3) is 0 Å². The van der Waals surface area contributed by atoms with Crippen molar-refractivity contribution in [2.75, 3.05) is 26.0 Å². The van der Waals surface area contributed by atoms with Crippen LogP contribution < -0.4 is 16.0 Å². The lowest BCUT2D eigenvalue weighted by Crippen LogP contribution is -2.45. The van der Waals surface area contributed by atoms with E-state index in [0.717, 1.165) is 5.56 Å². The minimum absolute atomic E-state index is 0. The number of carbonyl (C=O) groups excluding carboxylic acids is 1. The van der Waals surface area contributed by atoms with Gasteiger partial charge in [0.1, 0.15) is 0 Å². The molecule has 1 aromatic heterocycles. The summed E-state index contributed by atoms with van der Waals surface area (Å²) < 4.78 is 10.6. The number of methoxy groups -OCH3 is 1. The van der Waals surface area contributed by atoms with Crippen molar-refractivity contribution < 1.29 is 13.9 Å². The van der Waals surface area contributed by atoms with Crippen molar-refractivity contribution in [3.63, 3.8) is 0 Å². The number of halogens is 1. The van der Waals surface area contributed by atoms with E-state index in [2.05, 4.69) is 41.7 Å². The highest BCUT2D eigenvalue weighted by Gasteiger charge is 2.24. The van der Waals surface area contributed by atoms with Crippen LogP contribution in [0.1, 0.15) is 36.9 Å². The third-order valence-electron chi connectivity index (χ3n) is 4.35. The first kappa shape index (κ1) is 25.0. The quantitative estimate of drug-likeness (QED) is 0.297. The Hall–Kier alpha value is -2.07. The zero-order valence-corrected chi connectivity index (χ0v) is 19.9. The minimum Gasteiger partial charge on any atom is -0.459 e. The summed E-state index contributed by atoms with van der Waals surface area (Å²) in [6.45, 7) is 7.71. The lowest BCUT2D eigenvalue weighted by Gasteiger charge is -2.30. The van der Waals surface area contributed by atoms with E-state index in [0.29, 0.717) is 24.7 Å². The molecule has 2 rings (SSSR count). The second kappa shape index (κ2) is 11.8. The molecule has 0 aliphatic rings. The number of rotatable bonds is 7. The molecule has 0 fully saturated rings. The summed E-state index contributed by atoms with van der Waals surface area (Å²) in [5.41, 5.74) is 1.81. The Bertz CT molecular complexity index is 768. The first-order valence-electron chi connectivity index (χ1n) is 9.24. The molecule has 0 aliphatic heterocycles. The molecular formula is C21H31IN4O3. The van der Waals surface area contributed by atoms with Gasteiger partial charge in [0.2, 0.25) is 0 Å². The number of aliphatic imine (C=N–C) groups is 1. The second-order valence-electron chi connectivity index (χ2n) is 7.53. The van der Waals surface area contributed by atoms with E-state index in [1.807, 2.05) is 24.3 Å². The zero-order valence-electron chi connectivity index (χ0n) is 17.6. The summed E-state index contributed by atoms with van der Waals surface area (Å²) in [6.07, 6.45) is 1.55. The molecule has 3 N–H and O–H groups in total. The fourth-order valence-corrected chi connectivity index (χ4v) is 2.65. The summed E-state index contributed by atoms with van der Waals surface area (Å²) in [4.78, 5) is 16.2. The van der Waals surface area contributed by atoms with E-state index in [1.54, 1.807) is 26.3 Å². The van der Waals surface area contributed by atoms with E-state index in [4.69, 9.17) is 9.15 Å². The second-order valence-corrected chi connectivity index (χ2v) is 7.53. The highest BCUT2D eigenvalue weighted by Crippen LogP contribution is 2.20.